The van der Waals surface area contributed by atoms with Gasteiger partial charge in [0, 0.05) is 22.2 Å². The second kappa shape index (κ2) is 6.37. The zero-order valence-electron chi connectivity index (χ0n) is 10.4. The SMILES string of the molecule is FC(F)(F)c1ccc(SSc2ccc(C(F)(F)F)nc2)cn1. The molecule has 0 aliphatic rings. The molecule has 22 heavy (non-hydrogen) atoms. The second-order valence-electron chi connectivity index (χ2n) is 3.92. The second-order valence-corrected chi connectivity index (χ2v) is 6.20. The number of nitrogens with zero attached hydrogens (tertiary/aromatic N) is 2. The number of rotatable bonds is 3. The Morgan fingerprint density at radius 2 is 1.00 bits per heavy atom. The first-order valence-electron chi connectivity index (χ1n) is 5.57. The minimum atomic E-state index is -4.51. The van der Waals surface area contributed by atoms with Crippen molar-refractivity contribution in [3.05, 3.63) is 48.0 Å². The number of hydrogen-bond acceptors (Lipinski definition) is 4. The quantitative estimate of drug-likeness (QED) is 0.550. The van der Waals surface area contributed by atoms with Gasteiger partial charge < -0.3 is 0 Å². The predicted molar refractivity (Wildman–Crippen MR) is 70.2 cm³/mol. The van der Waals surface area contributed by atoms with Crippen LogP contribution in [-0.2, 0) is 12.4 Å². The van der Waals surface area contributed by atoms with Crippen LogP contribution >= 0.6 is 21.6 Å². The van der Waals surface area contributed by atoms with Crippen LogP contribution in [0.1, 0.15) is 11.4 Å². The Labute approximate surface area is 128 Å². The third kappa shape index (κ3) is 4.54. The van der Waals surface area contributed by atoms with Gasteiger partial charge in [-0.3, -0.25) is 9.97 Å². The van der Waals surface area contributed by atoms with E-state index in [1.807, 2.05) is 0 Å². The standard InChI is InChI=1S/C12H6F6N2S2/c13-11(14,15)9-3-1-7(5-19-9)21-22-8-2-4-10(20-6-8)12(16,17)18/h1-6H. The zero-order valence-corrected chi connectivity index (χ0v) is 12.1. The lowest BCUT2D eigenvalue weighted by Gasteiger charge is -2.07. The Kier molecular flexibility index (Phi) is 4.90. The summed E-state index contributed by atoms with van der Waals surface area (Å²) in [5, 5.41) is 0. The molecule has 10 heteroatoms. The van der Waals surface area contributed by atoms with Crippen LogP contribution in [-0.4, -0.2) is 9.97 Å². The van der Waals surface area contributed by atoms with Crippen molar-refractivity contribution in [2.45, 2.75) is 22.1 Å². The molecular formula is C12H6F6N2S2. The summed E-state index contributed by atoms with van der Waals surface area (Å²) in [7, 11) is 2.14. The number of pyridine rings is 2. The summed E-state index contributed by atoms with van der Waals surface area (Å²) in [5.74, 6) is 0. The summed E-state index contributed by atoms with van der Waals surface area (Å²) >= 11 is 0. The molecule has 0 saturated heterocycles. The molecule has 2 nitrogen and oxygen atoms in total. The van der Waals surface area contributed by atoms with Crippen molar-refractivity contribution in [1.82, 2.24) is 9.97 Å². The van der Waals surface area contributed by atoms with E-state index in [9.17, 15) is 26.3 Å². The van der Waals surface area contributed by atoms with Gasteiger partial charge in [0.15, 0.2) is 0 Å². The number of hydrogen-bond donors (Lipinski definition) is 0. The van der Waals surface area contributed by atoms with Gasteiger partial charge in [-0.25, -0.2) is 0 Å². The number of alkyl halides is 6. The lowest BCUT2D eigenvalue weighted by Crippen LogP contribution is -2.07. The summed E-state index contributed by atoms with van der Waals surface area (Å²) < 4.78 is 74.0. The van der Waals surface area contributed by atoms with E-state index in [1.54, 1.807) is 0 Å². The molecule has 0 aliphatic carbocycles. The Morgan fingerprint density at radius 1 is 0.636 bits per heavy atom. The van der Waals surface area contributed by atoms with Gasteiger partial charge >= 0.3 is 12.4 Å². The molecule has 2 rings (SSSR count). The summed E-state index contributed by atoms with van der Waals surface area (Å²) in [6.45, 7) is 0. The van der Waals surface area contributed by atoms with E-state index >= 15 is 0 Å². The summed E-state index contributed by atoms with van der Waals surface area (Å²) in [6, 6.07) is 4.16. The van der Waals surface area contributed by atoms with Crippen LogP contribution < -0.4 is 0 Å². The lowest BCUT2D eigenvalue weighted by molar-refractivity contribution is -0.142. The largest absolute Gasteiger partial charge is 0.433 e. The molecule has 0 fully saturated rings. The fourth-order valence-corrected chi connectivity index (χ4v) is 3.09. The van der Waals surface area contributed by atoms with E-state index < -0.39 is 23.7 Å². The van der Waals surface area contributed by atoms with Crippen molar-refractivity contribution in [1.29, 1.82) is 0 Å². The first-order chi connectivity index (χ1) is 10.2. The highest BCUT2D eigenvalue weighted by Gasteiger charge is 2.32. The van der Waals surface area contributed by atoms with Gasteiger partial charge in [-0.1, -0.05) is 21.6 Å². The van der Waals surface area contributed by atoms with Crippen LogP contribution in [0.2, 0.25) is 0 Å². The van der Waals surface area contributed by atoms with Crippen LogP contribution in [0.4, 0.5) is 26.3 Å². The minimum Gasteiger partial charge on any atom is -0.251 e. The van der Waals surface area contributed by atoms with Gasteiger partial charge in [0.1, 0.15) is 11.4 Å². The molecule has 2 heterocycles. The van der Waals surface area contributed by atoms with Gasteiger partial charge in [-0.2, -0.15) is 26.3 Å². The molecule has 0 unspecified atom stereocenters. The molecule has 0 aromatic carbocycles. The first-order valence-corrected chi connectivity index (χ1v) is 7.72. The molecule has 118 valence electrons. The highest BCUT2D eigenvalue weighted by Crippen LogP contribution is 2.38. The molecule has 2 aromatic heterocycles. The van der Waals surface area contributed by atoms with Crippen molar-refractivity contribution < 1.29 is 26.3 Å². The Morgan fingerprint density at radius 3 is 1.23 bits per heavy atom. The fraction of sp³-hybridized carbons (Fsp3) is 0.167. The van der Waals surface area contributed by atoms with Crippen LogP contribution in [0.3, 0.4) is 0 Å². The predicted octanol–water partition coefficient (Wildman–Crippen LogP) is 5.31. The van der Waals surface area contributed by atoms with Gasteiger partial charge in [0.05, 0.1) is 0 Å². The van der Waals surface area contributed by atoms with Crippen LogP contribution in [0.25, 0.3) is 0 Å². The normalized spacial score (nSPS) is 12.5. The van der Waals surface area contributed by atoms with E-state index in [2.05, 4.69) is 9.97 Å². The molecule has 2 aromatic rings. The number of aromatic nitrogens is 2. The molecule has 0 bridgehead atoms. The van der Waals surface area contributed by atoms with Gasteiger partial charge in [0.25, 0.3) is 0 Å². The molecular weight excluding hydrogens is 350 g/mol. The highest BCUT2D eigenvalue weighted by molar-refractivity contribution is 8.76. The minimum absolute atomic E-state index is 0.442. The monoisotopic (exact) mass is 356 g/mol. The molecule has 0 aliphatic heterocycles. The van der Waals surface area contributed by atoms with Gasteiger partial charge in [0.2, 0.25) is 0 Å². The van der Waals surface area contributed by atoms with E-state index in [4.69, 9.17) is 0 Å². The smallest absolute Gasteiger partial charge is 0.251 e. The van der Waals surface area contributed by atoms with E-state index in [0.29, 0.717) is 9.79 Å². The van der Waals surface area contributed by atoms with Crippen molar-refractivity contribution in [2.24, 2.45) is 0 Å². The van der Waals surface area contributed by atoms with Gasteiger partial charge in [-0.05, 0) is 24.3 Å². The zero-order chi connectivity index (χ0) is 16.4. The van der Waals surface area contributed by atoms with E-state index in [0.717, 1.165) is 46.1 Å². The summed E-state index contributed by atoms with van der Waals surface area (Å²) in [4.78, 5) is 7.46. The molecule has 0 spiro atoms. The van der Waals surface area contributed by atoms with Gasteiger partial charge in [-0.15, -0.1) is 0 Å². The van der Waals surface area contributed by atoms with E-state index in [1.165, 1.54) is 12.1 Å². The fourth-order valence-electron chi connectivity index (χ4n) is 1.29. The maximum absolute atomic E-state index is 12.3. The third-order valence-electron chi connectivity index (χ3n) is 2.29. The van der Waals surface area contributed by atoms with Crippen LogP contribution in [0, 0.1) is 0 Å². The average Bonchev–Trinajstić information content (AvgIpc) is 2.44. The number of halogens is 6. The third-order valence-corrected chi connectivity index (χ3v) is 4.64. The van der Waals surface area contributed by atoms with Crippen LogP contribution in [0.15, 0.2) is 46.5 Å². The van der Waals surface area contributed by atoms with E-state index in [-0.39, 0.29) is 0 Å². The Balaban J connectivity index is 1.98. The topological polar surface area (TPSA) is 25.8 Å². The average molecular weight is 356 g/mol. The Hall–Kier alpha value is -1.42. The Bertz CT molecular complexity index is 565. The summed E-state index contributed by atoms with van der Waals surface area (Å²) in [6.07, 6.45) is -6.91. The van der Waals surface area contributed by atoms with Crippen molar-refractivity contribution in [3.63, 3.8) is 0 Å². The molecule has 0 saturated carbocycles. The highest BCUT2D eigenvalue weighted by atomic mass is 33.1. The summed E-state index contributed by atoms with van der Waals surface area (Å²) in [5.41, 5.74) is -2.00. The molecule has 0 radical (unpaired) electrons. The molecule has 0 atom stereocenters. The lowest BCUT2D eigenvalue weighted by atomic mass is 10.3. The first kappa shape index (κ1) is 16.9. The molecule has 0 amide bonds. The van der Waals surface area contributed by atoms with Crippen molar-refractivity contribution in [2.75, 3.05) is 0 Å². The molecule has 0 N–H and O–H groups in total. The van der Waals surface area contributed by atoms with Crippen molar-refractivity contribution in [3.8, 4) is 0 Å². The maximum Gasteiger partial charge on any atom is 0.433 e. The van der Waals surface area contributed by atoms with Crippen molar-refractivity contribution >= 4 is 21.6 Å². The maximum atomic E-state index is 12.3. The van der Waals surface area contributed by atoms with Crippen LogP contribution in [0.5, 0.6) is 0 Å².